The Labute approximate surface area is 178 Å². The predicted molar refractivity (Wildman–Crippen MR) is 120 cm³/mol. The summed E-state index contributed by atoms with van der Waals surface area (Å²) in [5.41, 5.74) is 12.2. The van der Waals surface area contributed by atoms with Crippen LogP contribution in [0.3, 0.4) is 0 Å². The summed E-state index contributed by atoms with van der Waals surface area (Å²) in [6.45, 7) is 0. The molecule has 7 nitrogen and oxygen atoms in total. The van der Waals surface area contributed by atoms with Crippen molar-refractivity contribution in [2.75, 3.05) is 5.73 Å². The summed E-state index contributed by atoms with van der Waals surface area (Å²) in [6.07, 6.45) is 6.80. The third-order valence-electron chi connectivity index (χ3n) is 5.11. The maximum absolute atomic E-state index is 13.6. The number of hydrogen-bond acceptors (Lipinski definition) is 6. The second-order valence-electron chi connectivity index (χ2n) is 7.11. The van der Waals surface area contributed by atoms with Gasteiger partial charge in [-0.2, -0.15) is 9.49 Å². The first kappa shape index (κ1) is 17.7. The van der Waals surface area contributed by atoms with Crippen LogP contribution in [-0.2, 0) is 0 Å². The number of aromatic nitrogens is 6. The number of nitrogens with one attached hydrogen (secondary N) is 2. The number of aromatic amines is 2. The number of anilines is 1. The molecule has 6 aromatic rings. The summed E-state index contributed by atoms with van der Waals surface area (Å²) in [5, 5.41) is 8.21. The topological polar surface area (TPSA) is 109 Å². The fraction of sp³-hybridized carbons (Fsp3) is 0. The Hall–Kier alpha value is -4.11. The van der Waals surface area contributed by atoms with Gasteiger partial charge in [-0.05, 0) is 35.9 Å². The minimum absolute atomic E-state index is 0.246. The zero-order valence-corrected chi connectivity index (χ0v) is 16.7. The molecule has 0 saturated heterocycles. The number of nitrogens with zero attached hydrogens (tertiary/aromatic N) is 4. The fourth-order valence-corrected chi connectivity index (χ4v) is 4.42. The van der Waals surface area contributed by atoms with Crippen LogP contribution in [0.1, 0.15) is 0 Å². The molecule has 0 aliphatic rings. The van der Waals surface area contributed by atoms with Gasteiger partial charge in [0.05, 0.1) is 22.9 Å². The lowest BCUT2D eigenvalue weighted by Crippen LogP contribution is -1.88. The van der Waals surface area contributed by atoms with Gasteiger partial charge in [0.2, 0.25) is 0 Å². The quantitative estimate of drug-likeness (QED) is 0.368. The summed E-state index contributed by atoms with van der Waals surface area (Å²) in [5.74, 6) is 0.607. The number of rotatable bonds is 3. The molecule has 31 heavy (non-hydrogen) atoms. The Bertz CT molecular complexity index is 1580. The van der Waals surface area contributed by atoms with Crippen LogP contribution in [0.15, 0.2) is 61.2 Å². The normalized spacial score (nSPS) is 11.5. The molecule has 5 aromatic heterocycles. The highest BCUT2D eigenvalue weighted by Crippen LogP contribution is 2.34. The molecule has 1 aromatic carbocycles. The van der Waals surface area contributed by atoms with Gasteiger partial charge in [-0.25, -0.2) is 4.98 Å². The number of nitrogen functional groups attached to an aromatic ring is 1. The van der Waals surface area contributed by atoms with Crippen LogP contribution in [-0.4, -0.2) is 30.1 Å². The van der Waals surface area contributed by atoms with Crippen molar-refractivity contribution in [2.24, 2.45) is 0 Å². The zero-order valence-electron chi connectivity index (χ0n) is 15.9. The maximum atomic E-state index is 13.6. The summed E-state index contributed by atoms with van der Waals surface area (Å²) >= 11 is 1.07. The van der Waals surface area contributed by atoms with Gasteiger partial charge in [-0.1, -0.05) is 6.07 Å². The maximum Gasteiger partial charge on any atom is 0.176 e. The van der Waals surface area contributed by atoms with Gasteiger partial charge in [-0.3, -0.25) is 15.1 Å². The molecule has 0 fully saturated rings. The van der Waals surface area contributed by atoms with Gasteiger partial charge in [0, 0.05) is 40.0 Å². The van der Waals surface area contributed by atoms with Gasteiger partial charge in [0.15, 0.2) is 11.0 Å². The highest BCUT2D eigenvalue weighted by atomic mass is 32.1. The van der Waals surface area contributed by atoms with Crippen molar-refractivity contribution in [1.82, 2.24) is 30.1 Å². The van der Waals surface area contributed by atoms with Crippen molar-refractivity contribution < 1.29 is 4.39 Å². The van der Waals surface area contributed by atoms with E-state index in [0.29, 0.717) is 17.2 Å². The molecule has 9 heteroatoms. The first-order chi connectivity index (χ1) is 15.2. The third kappa shape index (κ3) is 2.94. The number of fused-ring (bicyclic) bond motifs is 2. The Morgan fingerprint density at radius 1 is 0.903 bits per heavy atom. The van der Waals surface area contributed by atoms with Crippen molar-refractivity contribution in [1.29, 1.82) is 0 Å². The zero-order chi connectivity index (χ0) is 20.9. The van der Waals surface area contributed by atoms with E-state index in [9.17, 15) is 4.39 Å². The van der Waals surface area contributed by atoms with Crippen LogP contribution >= 0.6 is 11.3 Å². The highest BCUT2D eigenvalue weighted by Gasteiger charge is 2.17. The molecule has 0 saturated carbocycles. The number of imidazole rings is 1. The van der Waals surface area contributed by atoms with E-state index < -0.39 is 0 Å². The molecule has 0 amide bonds. The molecule has 6 rings (SSSR count). The van der Waals surface area contributed by atoms with Crippen molar-refractivity contribution in [3.8, 4) is 33.1 Å². The van der Waals surface area contributed by atoms with Gasteiger partial charge in [0.1, 0.15) is 11.2 Å². The van der Waals surface area contributed by atoms with E-state index in [1.807, 2.05) is 24.3 Å². The summed E-state index contributed by atoms with van der Waals surface area (Å²) in [6, 6.07) is 11.1. The molecule has 0 aliphatic carbocycles. The smallest absolute Gasteiger partial charge is 0.176 e. The van der Waals surface area contributed by atoms with Crippen LogP contribution in [0.5, 0.6) is 0 Å². The standard InChI is InChI=1S/C22H14FN7S/c23-19-4-3-18(31-19)15-9-26-10-17-20(15)28-22(27-17)21-14-6-11(1-2-16(14)29-30-21)12-5-13(24)8-25-7-12/h1-10H,24H2,(H,27,28)(H,29,30). The minimum atomic E-state index is -0.246. The largest absolute Gasteiger partial charge is 0.397 e. The summed E-state index contributed by atoms with van der Waals surface area (Å²) < 4.78 is 13.6. The Morgan fingerprint density at radius 3 is 2.65 bits per heavy atom. The third-order valence-corrected chi connectivity index (χ3v) is 6.02. The van der Waals surface area contributed by atoms with Crippen LogP contribution < -0.4 is 5.73 Å². The SMILES string of the molecule is Nc1cncc(-c2ccc3[nH]nc(-c4nc5c(-c6ccc(F)s6)cncc5[nH]4)c3c2)c1. The van der Waals surface area contributed by atoms with Gasteiger partial charge in [0.25, 0.3) is 0 Å². The van der Waals surface area contributed by atoms with Crippen LogP contribution in [0.2, 0.25) is 0 Å². The first-order valence-corrected chi connectivity index (χ1v) is 10.3. The van der Waals surface area contributed by atoms with Crippen molar-refractivity contribution in [3.63, 3.8) is 0 Å². The van der Waals surface area contributed by atoms with Crippen LogP contribution in [0.25, 0.3) is 55.0 Å². The Balaban J connectivity index is 1.51. The van der Waals surface area contributed by atoms with Gasteiger partial charge in [-0.15, -0.1) is 11.3 Å². The van der Waals surface area contributed by atoms with E-state index in [1.54, 1.807) is 30.9 Å². The minimum Gasteiger partial charge on any atom is -0.397 e. The predicted octanol–water partition coefficient (Wildman–Crippen LogP) is 5.01. The number of pyridine rings is 2. The summed E-state index contributed by atoms with van der Waals surface area (Å²) in [7, 11) is 0. The Kier molecular flexibility index (Phi) is 3.84. The van der Waals surface area contributed by atoms with Crippen molar-refractivity contribution in [2.45, 2.75) is 0 Å². The van der Waals surface area contributed by atoms with E-state index >= 15 is 0 Å². The number of halogens is 1. The summed E-state index contributed by atoms with van der Waals surface area (Å²) in [4.78, 5) is 17.3. The van der Waals surface area contributed by atoms with E-state index in [-0.39, 0.29) is 5.13 Å². The lowest BCUT2D eigenvalue weighted by molar-refractivity contribution is 0.657. The monoisotopic (exact) mass is 427 g/mol. The van der Waals surface area contributed by atoms with E-state index in [2.05, 4.69) is 25.1 Å². The number of thiophene rings is 1. The number of hydrogen-bond donors (Lipinski definition) is 3. The lowest BCUT2D eigenvalue weighted by atomic mass is 10.0. The van der Waals surface area contributed by atoms with Gasteiger partial charge >= 0.3 is 0 Å². The van der Waals surface area contributed by atoms with E-state index in [0.717, 1.165) is 54.8 Å². The van der Waals surface area contributed by atoms with E-state index in [4.69, 9.17) is 10.7 Å². The van der Waals surface area contributed by atoms with E-state index in [1.165, 1.54) is 6.07 Å². The average Bonchev–Trinajstić information content (AvgIpc) is 3.50. The molecule has 0 radical (unpaired) electrons. The van der Waals surface area contributed by atoms with Crippen LogP contribution in [0, 0.1) is 5.13 Å². The molecule has 5 heterocycles. The van der Waals surface area contributed by atoms with Crippen LogP contribution in [0.4, 0.5) is 10.1 Å². The molecular formula is C22H14FN7S. The molecule has 0 bridgehead atoms. The van der Waals surface area contributed by atoms with Crippen molar-refractivity contribution >= 4 is 39.0 Å². The molecule has 0 aliphatic heterocycles. The van der Waals surface area contributed by atoms with Crippen molar-refractivity contribution in [3.05, 3.63) is 66.3 Å². The molecule has 4 N–H and O–H groups in total. The second-order valence-corrected chi connectivity index (χ2v) is 8.15. The molecule has 0 atom stereocenters. The van der Waals surface area contributed by atoms with Gasteiger partial charge < -0.3 is 10.7 Å². The fourth-order valence-electron chi connectivity index (χ4n) is 3.67. The molecule has 0 unspecified atom stereocenters. The number of nitrogens with two attached hydrogens (primary N) is 1. The molecule has 150 valence electrons. The molecular weight excluding hydrogens is 413 g/mol. The average molecular weight is 427 g/mol. The Morgan fingerprint density at radius 2 is 1.81 bits per heavy atom. The lowest BCUT2D eigenvalue weighted by Gasteiger charge is -2.03. The molecule has 0 spiro atoms. The first-order valence-electron chi connectivity index (χ1n) is 9.44. The highest BCUT2D eigenvalue weighted by molar-refractivity contribution is 7.14. The number of benzene rings is 1. The number of H-pyrrole nitrogens is 2. The second kappa shape index (κ2) is 6.71.